The first-order valence-corrected chi connectivity index (χ1v) is 12.5. The fourth-order valence-corrected chi connectivity index (χ4v) is 5.49. The van der Waals surface area contributed by atoms with Crippen molar-refractivity contribution in [2.75, 3.05) is 22.6 Å². The number of anilines is 2. The van der Waals surface area contributed by atoms with Crippen LogP contribution in [0.2, 0.25) is 0 Å². The number of aromatic nitrogens is 1. The van der Waals surface area contributed by atoms with E-state index in [1.807, 2.05) is 0 Å². The van der Waals surface area contributed by atoms with Gasteiger partial charge in [0.05, 0.1) is 21.1 Å². The maximum Gasteiger partial charge on any atom is 0.330 e. The van der Waals surface area contributed by atoms with Crippen molar-refractivity contribution in [3.05, 3.63) is 30.5 Å². The van der Waals surface area contributed by atoms with Crippen molar-refractivity contribution in [1.82, 2.24) is 4.98 Å². The molecule has 12 heteroatoms. The predicted octanol–water partition coefficient (Wildman–Crippen LogP) is 2.97. The fourth-order valence-electron chi connectivity index (χ4n) is 3.30. The second-order valence-electron chi connectivity index (χ2n) is 6.84. The zero-order valence-electron chi connectivity index (χ0n) is 16.2. The lowest BCUT2D eigenvalue weighted by Crippen LogP contribution is -2.46. The maximum atomic E-state index is 13.4. The van der Waals surface area contributed by atoms with Gasteiger partial charge < -0.3 is 5.11 Å². The molecule has 1 aromatic carbocycles. The molecular weight excluding hydrogens is 448 g/mol. The number of nitrogens with two attached hydrogens (primary N) is 1. The Hall–Kier alpha value is -2.15. The number of carboxylic acid groups (broad SMARTS) is 1. The van der Waals surface area contributed by atoms with Gasteiger partial charge in [-0.25, -0.2) is 23.3 Å². The molecule has 162 valence electrons. The van der Waals surface area contributed by atoms with Gasteiger partial charge in [-0.05, 0) is 31.0 Å². The number of nitrogens with zero attached hydrogens (tertiary/aromatic N) is 3. The smallest absolute Gasteiger partial charge is 0.330 e. The molecule has 1 saturated carbocycles. The summed E-state index contributed by atoms with van der Waals surface area (Å²) in [4.78, 5) is 31.3. The third kappa shape index (κ3) is 5.31. The lowest BCUT2D eigenvalue weighted by Gasteiger charge is -2.32. The summed E-state index contributed by atoms with van der Waals surface area (Å²) in [6.07, 6.45) is 5.15. The van der Waals surface area contributed by atoms with E-state index < -0.39 is 16.0 Å². The number of carboxylic acids is 1. The van der Waals surface area contributed by atoms with E-state index >= 15 is 0 Å². The van der Waals surface area contributed by atoms with Crippen LogP contribution < -0.4 is 14.9 Å². The Balaban J connectivity index is 1.89. The van der Waals surface area contributed by atoms with Gasteiger partial charge in [-0.15, -0.1) is 11.8 Å². The number of thioether (sulfide) groups is 1. The number of rotatable bonds is 7. The quantitative estimate of drug-likeness (QED) is 0.594. The average molecular weight is 471 g/mol. The van der Waals surface area contributed by atoms with Crippen molar-refractivity contribution in [2.45, 2.75) is 40.8 Å². The van der Waals surface area contributed by atoms with Crippen LogP contribution in [0.3, 0.4) is 0 Å². The van der Waals surface area contributed by atoms with E-state index in [1.54, 1.807) is 30.3 Å². The summed E-state index contributed by atoms with van der Waals surface area (Å²) in [6, 6.07) is 5.67. The van der Waals surface area contributed by atoms with E-state index in [4.69, 9.17) is 10.2 Å². The van der Waals surface area contributed by atoms with Gasteiger partial charge in [0.15, 0.2) is 5.13 Å². The molecule has 2 amide bonds. The van der Waals surface area contributed by atoms with Gasteiger partial charge in [0.2, 0.25) is 10.0 Å². The Morgan fingerprint density at radius 3 is 2.67 bits per heavy atom. The molecule has 1 aliphatic rings. The molecule has 0 bridgehead atoms. The van der Waals surface area contributed by atoms with E-state index in [1.165, 1.54) is 28.4 Å². The molecule has 9 nitrogen and oxygen atoms in total. The minimum Gasteiger partial charge on any atom is -0.481 e. The highest BCUT2D eigenvalue weighted by Gasteiger charge is 2.32. The molecule has 1 heterocycles. The van der Waals surface area contributed by atoms with Gasteiger partial charge in [-0.3, -0.25) is 14.6 Å². The van der Waals surface area contributed by atoms with Crippen LogP contribution >= 0.6 is 23.1 Å². The van der Waals surface area contributed by atoms with Crippen molar-refractivity contribution in [1.29, 1.82) is 0 Å². The first kappa shape index (κ1) is 22.5. The molecule has 0 spiro atoms. The number of carbonyl (C=O) groups excluding carboxylic acids is 1. The minimum absolute atomic E-state index is 0.0555. The van der Waals surface area contributed by atoms with Crippen molar-refractivity contribution in [3.63, 3.8) is 0 Å². The number of hydrogen-bond donors (Lipinski definition) is 2. The molecule has 1 aromatic heterocycles. The van der Waals surface area contributed by atoms with Crippen LogP contribution in [0.4, 0.5) is 15.6 Å². The topological polar surface area (TPSA) is 134 Å². The van der Waals surface area contributed by atoms with Crippen molar-refractivity contribution in [2.24, 2.45) is 5.14 Å². The highest BCUT2D eigenvalue weighted by atomic mass is 32.2. The van der Waals surface area contributed by atoms with Crippen LogP contribution in [-0.2, 0) is 14.8 Å². The number of aliphatic carboxylic acids is 1. The summed E-state index contributed by atoms with van der Waals surface area (Å²) < 4.78 is 24.2. The van der Waals surface area contributed by atoms with E-state index in [2.05, 4.69) is 4.98 Å². The third-order valence-electron chi connectivity index (χ3n) is 4.70. The Kier molecular flexibility index (Phi) is 7.01. The maximum absolute atomic E-state index is 13.4. The predicted molar refractivity (Wildman–Crippen MR) is 117 cm³/mol. The standard InChI is InChI=1S/C18H22N4O5S3/c1-21(17-20-10-16(29-17)28-11-15(23)24)18(25)22(12-5-2-3-6-12)13-7-4-8-14(9-13)30(19,26)27/h4,7-10,12H,2-3,5-6,11H2,1H3,(H,23,24)(H2,19,26,27). The number of benzene rings is 1. The highest BCUT2D eigenvalue weighted by molar-refractivity contribution is 8.01. The molecule has 1 aliphatic carbocycles. The Morgan fingerprint density at radius 2 is 2.03 bits per heavy atom. The van der Waals surface area contributed by atoms with Crippen LogP contribution in [0.15, 0.2) is 39.6 Å². The minimum atomic E-state index is -3.90. The number of sulfonamides is 1. The molecular formula is C18H22N4O5S3. The van der Waals surface area contributed by atoms with Gasteiger partial charge in [0.1, 0.15) is 0 Å². The molecule has 3 N–H and O–H groups in total. The molecule has 0 unspecified atom stereocenters. The molecule has 0 aliphatic heterocycles. The van der Waals surface area contributed by atoms with Crippen molar-refractivity contribution < 1.29 is 23.1 Å². The Bertz CT molecular complexity index is 1030. The van der Waals surface area contributed by atoms with E-state index in [-0.39, 0.29) is 22.7 Å². The second-order valence-corrected chi connectivity index (χ2v) is 10.7. The Morgan fingerprint density at radius 1 is 1.33 bits per heavy atom. The number of primary sulfonamides is 1. The number of urea groups is 1. The van der Waals surface area contributed by atoms with E-state index in [0.717, 1.165) is 37.4 Å². The second kappa shape index (κ2) is 9.33. The number of amides is 2. The van der Waals surface area contributed by atoms with Crippen molar-refractivity contribution in [3.8, 4) is 0 Å². The van der Waals surface area contributed by atoms with Gasteiger partial charge >= 0.3 is 12.0 Å². The monoisotopic (exact) mass is 470 g/mol. The van der Waals surface area contributed by atoms with Gasteiger partial charge in [-0.1, -0.05) is 30.2 Å². The molecule has 30 heavy (non-hydrogen) atoms. The normalized spacial score (nSPS) is 14.6. The molecule has 0 radical (unpaired) electrons. The molecule has 0 saturated heterocycles. The lowest BCUT2D eigenvalue weighted by atomic mass is 10.2. The zero-order chi connectivity index (χ0) is 21.9. The number of carbonyl (C=O) groups is 2. The summed E-state index contributed by atoms with van der Waals surface area (Å²) in [6.45, 7) is 0. The highest BCUT2D eigenvalue weighted by Crippen LogP contribution is 2.34. The largest absolute Gasteiger partial charge is 0.481 e. The van der Waals surface area contributed by atoms with Gasteiger partial charge in [0.25, 0.3) is 0 Å². The summed E-state index contributed by atoms with van der Waals surface area (Å²) in [5.74, 6) is -1.02. The number of hydrogen-bond acceptors (Lipinski definition) is 7. The van der Waals surface area contributed by atoms with E-state index in [9.17, 15) is 18.0 Å². The van der Waals surface area contributed by atoms with Crippen LogP contribution in [0.1, 0.15) is 25.7 Å². The Labute approximate surface area is 182 Å². The molecule has 3 rings (SSSR count). The molecule has 2 aromatic rings. The summed E-state index contributed by atoms with van der Waals surface area (Å²) in [5, 5.41) is 14.5. The number of thiazole rings is 1. The average Bonchev–Trinajstić information content (AvgIpc) is 3.38. The van der Waals surface area contributed by atoms with Crippen LogP contribution in [0, 0.1) is 0 Å². The van der Waals surface area contributed by atoms with E-state index in [0.29, 0.717) is 15.0 Å². The zero-order valence-corrected chi connectivity index (χ0v) is 18.7. The molecule has 1 fully saturated rings. The third-order valence-corrected chi connectivity index (χ3v) is 7.87. The van der Waals surface area contributed by atoms with Crippen LogP contribution in [0.25, 0.3) is 0 Å². The first-order valence-electron chi connectivity index (χ1n) is 9.17. The lowest BCUT2D eigenvalue weighted by molar-refractivity contribution is -0.133. The van der Waals surface area contributed by atoms with Crippen molar-refractivity contribution >= 4 is 55.9 Å². The van der Waals surface area contributed by atoms with Crippen LogP contribution in [-0.4, -0.2) is 49.4 Å². The van der Waals surface area contributed by atoms with Gasteiger partial charge in [0, 0.05) is 18.8 Å². The van der Waals surface area contributed by atoms with Gasteiger partial charge in [-0.2, -0.15) is 0 Å². The summed E-state index contributed by atoms with van der Waals surface area (Å²) in [5.41, 5.74) is 0.460. The summed E-state index contributed by atoms with van der Waals surface area (Å²) in [7, 11) is -2.31. The first-order chi connectivity index (χ1) is 14.2. The summed E-state index contributed by atoms with van der Waals surface area (Å²) >= 11 is 2.36. The fraction of sp³-hybridized carbons (Fsp3) is 0.389. The van der Waals surface area contributed by atoms with Crippen LogP contribution in [0.5, 0.6) is 0 Å². The molecule has 0 atom stereocenters. The SMILES string of the molecule is CN(C(=O)N(c1cccc(S(N)(=O)=O)c1)C1CCCC1)c1ncc(SCC(=O)O)s1.